The first-order chi connectivity index (χ1) is 13.5. The highest BCUT2D eigenvalue weighted by Crippen LogP contribution is 2.25. The molecular formula is C21H25Cl2N3OS. The number of nitrogens with one attached hydrogen (secondary N) is 2. The number of benzene rings is 2. The first kappa shape index (κ1) is 21.3. The summed E-state index contributed by atoms with van der Waals surface area (Å²) in [5, 5.41) is 7.83. The van der Waals surface area contributed by atoms with Crippen molar-refractivity contribution >= 4 is 44.8 Å². The zero-order valence-electron chi connectivity index (χ0n) is 16.1. The van der Waals surface area contributed by atoms with Crippen molar-refractivity contribution in [3.8, 4) is 0 Å². The van der Waals surface area contributed by atoms with Crippen LogP contribution < -0.4 is 15.5 Å². The van der Waals surface area contributed by atoms with Gasteiger partial charge in [-0.15, -0.1) is 0 Å². The highest BCUT2D eigenvalue weighted by atomic mass is 35.5. The fourth-order valence-corrected chi connectivity index (χ4v) is 4.61. The standard InChI is InChI=1S/C21H25Cl2N3OS/c1-3-16(13-24-2)25-8-9-26-19-7-5-15(12-20(19)28-21(26)27)10-14-4-6-17(22)18(23)11-14/h4-7,11-12,16,24-25H,3,8-10,13H2,1-2H3. The molecule has 0 spiro atoms. The lowest BCUT2D eigenvalue weighted by Crippen LogP contribution is -2.39. The summed E-state index contributed by atoms with van der Waals surface area (Å²) in [4.78, 5) is 12.6. The Balaban J connectivity index is 1.73. The van der Waals surface area contributed by atoms with E-state index in [4.69, 9.17) is 23.2 Å². The number of likely N-dealkylation sites (N-methyl/N-ethyl adjacent to an activating group) is 1. The second-order valence-corrected chi connectivity index (χ2v) is 8.67. The molecule has 0 fully saturated rings. The molecule has 0 aliphatic heterocycles. The van der Waals surface area contributed by atoms with Crippen LogP contribution in [-0.4, -0.2) is 30.7 Å². The van der Waals surface area contributed by atoms with Gasteiger partial charge in [-0.2, -0.15) is 0 Å². The molecule has 7 heteroatoms. The summed E-state index contributed by atoms with van der Waals surface area (Å²) in [6, 6.07) is 12.3. The van der Waals surface area contributed by atoms with Crippen molar-refractivity contribution in [2.75, 3.05) is 20.1 Å². The van der Waals surface area contributed by atoms with E-state index in [0.29, 0.717) is 22.6 Å². The predicted octanol–water partition coefficient (Wildman–Crippen LogP) is 4.55. The fourth-order valence-electron chi connectivity index (χ4n) is 3.31. The Morgan fingerprint density at radius 3 is 2.57 bits per heavy atom. The maximum Gasteiger partial charge on any atom is 0.308 e. The molecule has 3 rings (SSSR count). The third kappa shape index (κ3) is 5.16. The monoisotopic (exact) mass is 437 g/mol. The van der Waals surface area contributed by atoms with Crippen molar-refractivity contribution in [3.63, 3.8) is 0 Å². The number of rotatable bonds is 9. The van der Waals surface area contributed by atoms with Crippen LogP contribution in [-0.2, 0) is 13.0 Å². The lowest BCUT2D eigenvalue weighted by Gasteiger charge is -2.16. The highest BCUT2D eigenvalue weighted by Gasteiger charge is 2.10. The van der Waals surface area contributed by atoms with Gasteiger partial charge in [-0.05, 0) is 55.3 Å². The molecule has 3 aromatic rings. The van der Waals surface area contributed by atoms with Gasteiger partial charge in [0, 0.05) is 25.7 Å². The van der Waals surface area contributed by atoms with Gasteiger partial charge in [0.05, 0.1) is 20.3 Å². The zero-order valence-corrected chi connectivity index (χ0v) is 18.4. The molecule has 0 radical (unpaired) electrons. The minimum atomic E-state index is 0.0881. The number of thiazole rings is 1. The van der Waals surface area contributed by atoms with Gasteiger partial charge in [0.15, 0.2) is 0 Å². The Labute approximate surface area is 179 Å². The molecule has 0 aliphatic carbocycles. The topological polar surface area (TPSA) is 46.1 Å². The summed E-state index contributed by atoms with van der Waals surface area (Å²) in [6.45, 7) is 4.53. The van der Waals surface area contributed by atoms with Crippen molar-refractivity contribution in [1.29, 1.82) is 0 Å². The van der Waals surface area contributed by atoms with Gasteiger partial charge in [0.25, 0.3) is 0 Å². The van der Waals surface area contributed by atoms with E-state index >= 15 is 0 Å². The van der Waals surface area contributed by atoms with Crippen LogP contribution in [0.4, 0.5) is 0 Å². The third-order valence-corrected chi connectivity index (χ3v) is 6.52. The molecule has 0 saturated carbocycles. The van der Waals surface area contributed by atoms with E-state index < -0.39 is 0 Å². The van der Waals surface area contributed by atoms with Crippen LogP contribution in [0.3, 0.4) is 0 Å². The summed E-state index contributed by atoms with van der Waals surface area (Å²) in [7, 11) is 1.96. The van der Waals surface area contributed by atoms with Crippen LogP contribution in [0.25, 0.3) is 10.2 Å². The van der Waals surface area contributed by atoms with Crippen molar-refractivity contribution < 1.29 is 0 Å². The molecule has 2 aromatic carbocycles. The van der Waals surface area contributed by atoms with Crippen LogP contribution in [0.2, 0.25) is 10.0 Å². The summed E-state index contributed by atoms with van der Waals surface area (Å²) < 4.78 is 2.88. The normalized spacial score (nSPS) is 12.6. The van der Waals surface area contributed by atoms with E-state index in [1.807, 2.05) is 35.9 Å². The largest absolute Gasteiger partial charge is 0.318 e. The number of hydrogen-bond acceptors (Lipinski definition) is 4. The van der Waals surface area contributed by atoms with Crippen molar-refractivity contribution in [3.05, 3.63) is 67.2 Å². The second-order valence-electron chi connectivity index (χ2n) is 6.86. The number of hydrogen-bond donors (Lipinski definition) is 2. The maximum absolute atomic E-state index is 12.5. The summed E-state index contributed by atoms with van der Waals surface area (Å²) in [6.07, 6.45) is 1.81. The van der Waals surface area contributed by atoms with Crippen LogP contribution in [0.1, 0.15) is 24.5 Å². The van der Waals surface area contributed by atoms with Gasteiger partial charge in [-0.1, -0.05) is 53.6 Å². The Morgan fingerprint density at radius 1 is 1.11 bits per heavy atom. The van der Waals surface area contributed by atoms with E-state index in [-0.39, 0.29) is 4.87 Å². The molecule has 0 bridgehead atoms. The van der Waals surface area contributed by atoms with Gasteiger partial charge in [-0.25, -0.2) is 0 Å². The molecular weight excluding hydrogens is 413 g/mol. The average Bonchev–Trinajstić information content (AvgIpc) is 2.98. The Hall–Kier alpha value is -1.37. The van der Waals surface area contributed by atoms with Gasteiger partial charge < -0.3 is 10.6 Å². The SMILES string of the molecule is CCC(CNC)NCCn1c(=O)sc2cc(Cc3ccc(Cl)c(Cl)c3)ccc21. The van der Waals surface area contributed by atoms with Crippen LogP contribution in [0.5, 0.6) is 0 Å². The molecule has 2 N–H and O–H groups in total. The highest BCUT2D eigenvalue weighted by molar-refractivity contribution is 7.16. The van der Waals surface area contributed by atoms with Crippen molar-refractivity contribution in [2.45, 2.75) is 32.4 Å². The van der Waals surface area contributed by atoms with E-state index in [2.05, 4.69) is 29.7 Å². The van der Waals surface area contributed by atoms with Gasteiger partial charge in [-0.3, -0.25) is 9.36 Å². The lowest BCUT2D eigenvalue weighted by atomic mass is 10.0. The molecule has 1 heterocycles. The van der Waals surface area contributed by atoms with Gasteiger partial charge >= 0.3 is 4.87 Å². The molecule has 0 amide bonds. The van der Waals surface area contributed by atoms with E-state index in [9.17, 15) is 4.79 Å². The average molecular weight is 438 g/mol. The number of halogens is 2. The zero-order chi connectivity index (χ0) is 20.1. The quantitative estimate of drug-likeness (QED) is 0.515. The summed E-state index contributed by atoms with van der Waals surface area (Å²) in [5.74, 6) is 0. The Morgan fingerprint density at radius 2 is 1.86 bits per heavy atom. The Bertz CT molecular complexity index is 999. The lowest BCUT2D eigenvalue weighted by molar-refractivity contribution is 0.462. The van der Waals surface area contributed by atoms with Crippen LogP contribution >= 0.6 is 34.5 Å². The molecule has 0 saturated heterocycles. The Kier molecular flexibility index (Phi) is 7.55. The number of nitrogens with zero attached hydrogens (tertiary/aromatic N) is 1. The molecule has 28 heavy (non-hydrogen) atoms. The first-order valence-corrected chi connectivity index (χ1v) is 11.0. The van der Waals surface area contributed by atoms with E-state index in [0.717, 1.165) is 47.3 Å². The maximum atomic E-state index is 12.5. The van der Waals surface area contributed by atoms with Crippen LogP contribution in [0, 0.1) is 0 Å². The molecule has 1 unspecified atom stereocenters. The molecule has 150 valence electrons. The molecule has 4 nitrogen and oxygen atoms in total. The first-order valence-electron chi connectivity index (χ1n) is 9.46. The minimum absolute atomic E-state index is 0.0881. The number of aromatic nitrogens is 1. The summed E-state index contributed by atoms with van der Waals surface area (Å²) >= 11 is 13.4. The van der Waals surface area contributed by atoms with Gasteiger partial charge in [0.2, 0.25) is 0 Å². The second kappa shape index (κ2) is 9.90. The van der Waals surface area contributed by atoms with Gasteiger partial charge in [0.1, 0.15) is 0 Å². The predicted molar refractivity (Wildman–Crippen MR) is 121 cm³/mol. The van der Waals surface area contributed by atoms with Crippen molar-refractivity contribution in [2.24, 2.45) is 0 Å². The molecule has 1 atom stereocenters. The van der Waals surface area contributed by atoms with Crippen LogP contribution in [0.15, 0.2) is 41.2 Å². The molecule has 0 aliphatic rings. The smallest absolute Gasteiger partial charge is 0.308 e. The van der Waals surface area contributed by atoms with Crippen molar-refractivity contribution in [1.82, 2.24) is 15.2 Å². The number of fused-ring (bicyclic) bond motifs is 1. The third-order valence-electron chi connectivity index (χ3n) is 4.84. The molecule has 1 aromatic heterocycles. The fraction of sp³-hybridized carbons (Fsp3) is 0.381. The minimum Gasteiger partial charge on any atom is -0.318 e. The summed E-state index contributed by atoms with van der Waals surface area (Å²) in [5.41, 5.74) is 3.24. The van der Waals surface area contributed by atoms with E-state index in [1.165, 1.54) is 11.3 Å². The van der Waals surface area contributed by atoms with E-state index in [1.54, 1.807) is 0 Å².